The predicted molar refractivity (Wildman–Crippen MR) is 101 cm³/mol. The predicted octanol–water partition coefficient (Wildman–Crippen LogP) is 4.66. The van der Waals surface area contributed by atoms with Crippen molar-refractivity contribution in [2.24, 2.45) is 0 Å². The van der Waals surface area contributed by atoms with Crippen molar-refractivity contribution in [3.8, 4) is 16.9 Å². The average Bonchev–Trinajstić information content (AvgIpc) is 2.66. The number of ether oxygens (including phenoxy) is 1. The molecule has 4 nitrogen and oxygen atoms in total. The molecular formula is C22H20O4. The van der Waals surface area contributed by atoms with Crippen LogP contribution in [0.3, 0.4) is 0 Å². The first-order chi connectivity index (χ1) is 12.6. The molecule has 1 fully saturated rings. The lowest BCUT2D eigenvalue weighted by molar-refractivity contribution is -0.127. The van der Waals surface area contributed by atoms with Gasteiger partial charge >= 0.3 is 5.63 Å². The highest BCUT2D eigenvalue weighted by Crippen LogP contribution is 2.34. The highest BCUT2D eigenvalue weighted by molar-refractivity contribution is 5.95. The van der Waals surface area contributed by atoms with Crippen molar-refractivity contribution >= 4 is 16.8 Å². The average molecular weight is 348 g/mol. The molecule has 26 heavy (non-hydrogen) atoms. The third kappa shape index (κ3) is 3.03. The third-order valence-electron chi connectivity index (χ3n) is 4.96. The Bertz CT molecular complexity index is 1020. The molecule has 0 N–H and O–H groups in total. The fourth-order valence-corrected chi connectivity index (χ4v) is 3.56. The first kappa shape index (κ1) is 16.6. The van der Waals surface area contributed by atoms with Crippen LogP contribution in [0.15, 0.2) is 57.7 Å². The number of aryl methyl sites for hydroxylation is 1. The second kappa shape index (κ2) is 6.79. The van der Waals surface area contributed by atoms with Crippen molar-refractivity contribution in [2.75, 3.05) is 0 Å². The molecule has 0 aliphatic heterocycles. The maximum absolute atomic E-state index is 12.1. The van der Waals surface area contributed by atoms with Crippen LogP contribution in [-0.2, 0) is 4.79 Å². The summed E-state index contributed by atoms with van der Waals surface area (Å²) in [7, 11) is 0. The summed E-state index contributed by atoms with van der Waals surface area (Å²) < 4.78 is 11.5. The molecule has 4 heteroatoms. The number of carbonyl (C=O) groups excluding carboxylic acids is 1. The second-order valence-electron chi connectivity index (χ2n) is 6.73. The lowest BCUT2D eigenvalue weighted by Crippen LogP contribution is -2.30. The number of carbonyl (C=O) groups is 1. The van der Waals surface area contributed by atoms with E-state index in [2.05, 4.69) is 0 Å². The van der Waals surface area contributed by atoms with Gasteiger partial charge in [-0.1, -0.05) is 30.3 Å². The summed E-state index contributed by atoms with van der Waals surface area (Å²) in [5.74, 6) is 0.751. The van der Waals surface area contributed by atoms with Gasteiger partial charge in [0.1, 0.15) is 11.3 Å². The van der Waals surface area contributed by atoms with Gasteiger partial charge in [0, 0.05) is 23.4 Å². The van der Waals surface area contributed by atoms with E-state index in [9.17, 15) is 9.59 Å². The summed E-state index contributed by atoms with van der Waals surface area (Å²) in [4.78, 5) is 24.2. The zero-order chi connectivity index (χ0) is 18.1. The number of Topliss-reactive ketones (excluding diaryl/α,β-unsaturated/α-hetero) is 1. The largest absolute Gasteiger partial charge is 0.482 e. The molecule has 0 spiro atoms. The summed E-state index contributed by atoms with van der Waals surface area (Å²) in [5.41, 5.74) is 2.65. The first-order valence-corrected chi connectivity index (χ1v) is 8.96. The molecule has 1 aromatic heterocycles. The molecule has 4 rings (SSSR count). The van der Waals surface area contributed by atoms with Crippen LogP contribution in [0.4, 0.5) is 0 Å². The fourth-order valence-electron chi connectivity index (χ4n) is 3.56. The van der Waals surface area contributed by atoms with Gasteiger partial charge in [-0.05, 0) is 49.4 Å². The highest BCUT2D eigenvalue weighted by Gasteiger charge is 2.25. The minimum Gasteiger partial charge on any atom is -0.482 e. The zero-order valence-electron chi connectivity index (χ0n) is 14.7. The Balaban J connectivity index is 1.81. The number of benzene rings is 2. The van der Waals surface area contributed by atoms with Crippen molar-refractivity contribution in [2.45, 2.75) is 38.7 Å². The van der Waals surface area contributed by atoms with Gasteiger partial charge in [-0.2, -0.15) is 0 Å². The number of fused-ring (bicyclic) bond motifs is 1. The van der Waals surface area contributed by atoms with E-state index in [0.717, 1.165) is 41.3 Å². The summed E-state index contributed by atoms with van der Waals surface area (Å²) in [5, 5.41) is 0.857. The van der Waals surface area contributed by atoms with E-state index in [1.54, 1.807) is 0 Å². The molecule has 1 aliphatic rings. The normalized spacial score (nSPS) is 17.4. The van der Waals surface area contributed by atoms with Crippen molar-refractivity contribution in [1.82, 2.24) is 0 Å². The van der Waals surface area contributed by atoms with Crippen molar-refractivity contribution < 1.29 is 13.9 Å². The molecule has 1 aliphatic carbocycles. The maximum atomic E-state index is 12.1. The van der Waals surface area contributed by atoms with E-state index < -0.39 is 11.7 Å². The standard InChI is InChI=1S/C22H20O4/c1-14-19(25-20-10-6-5-9-18(20)23)12-11-16-17(13-21(24)26-22(14)16)15-7-3-2-4-8-15/h2-4,7-8,11-13,20H,5-6,9-10H2,1H3/t20-/m1/s1. The van der Waals surface area contributed by atoms with Crippen molar-refractivity contribution in [3.63, 3.8) is 0 Å². The van der Waals surface area contributed by atoms with E-state index in [1.165, 1.54) is 6.07 Å². The van der Waals surface area contributed by atoms with Gasteiger partial charge < -0.3 is 9.15 Å². The van der Waals surface area contributed by atoms with Gasteiger partial charge in [-0.3, -0.25) is 4.79 Å². The SMILES string of the molecule is Cc1c(O[C@@H]2CCCCC2=O)ccc2c(-c3ccccc3)cc(=O)oc12. The Kier molecular flexibility index (Phi) is 4.33. The minimum atomic E-state index is -0.399. The van der Waals surface area contributed by atoms with Crippen LogP contribution in [0.1, 0.15) is 31.2 Å². The third-order valence-corrected chi connectivity index (χ3v) is 4.96. The smallest absolute Gasteiger partial charge is 0.336 e. The van der Waals surface area contributed by atoms with Crippen LogP contribution in [0.25, 0.3) is 22.1 Å². The molecule has 0 saturated heterocycles. The molecule has 0 radical (unpaired) electrons. The molecule has 0 bridgehead atoms. The van der Waals surface area contributed by atoms with Crippen LogP contribution in [0.5, 0.6) is 5.75 Å². The zero-order valence-corrected chi connectivity index (χ0v) is 14.7. The van der Waals surface area contributed by atoms with E-state index >= 15 is 0 Å². The van der Waals surface area contributed by atoms with E-state index in [0.29, 0.717) is 17.8 Å². The van der Waals surface area contributed by atoms with Gasteiger partial charge in [0.2, 0.25) is 0 Å². The van der Waals surface area contributed by atoms with Crippen LogP contribution in [0, 0.1) is 6.92 Å². The molecular weight excluding hydrogens is 328 g/mol. The van der Waals surface area contributed by atoms with Crippen LogP contribution < -0.4 is 10.4 Å². The van der Waals surface area contributed by atoms with Gasteiger partial charge in [0.25, 0.3) is 0 Å². The minimum absolute atomic E-state index is 0.148. The second-order valence-corrected chi connectivity index (χ2v) is 6.73. The number of rotatable bonds is 3. The highest BCUT2D eigenvalue weighted by atomic mass is 16.5. The first-order valence-electron chi connectivity index (χ1n) is 8.96. The van der Waals surface area contributed by atoms with Gasteiger partial charge in [0.15, 0.2) is 11.9 Å². The van der Waals surface area contributed by atoms with E-state index in [-0.39, 0.29) is 5.78 Å². The number of hydrogen-bond donors (Lipinski definition) is 0. The van der Waals surface area contributed by atoms with Crippen molar-refractivity contribution in [1.29, 1.82) is 0 Å². The molecule has 1 heterocycles. The monoisotopic (exact) mass is 348 g/mol. The van der Waals surface area contributed by atoms with Gasteiger partial charge in [0.05, 0.1) is 0 Å². The Labute approximate surface area is 151 Å². The Morgan fingerprint density at radius 2 is 1.85 bits per heavy atom. The Morgan fingerprint density at radius 1 is 1.04 bits per heavy atom. The molecule has 1 atom stereocenters. The lowest BCUT2D eigenvalue weighted by atomic mass is 9.96. The molecule has 0 amide bonds. The molecule has 0 unspecified atom stereocenters. The fraction of sp³-hybridized carbons (Fsp3) is 0.273. The Hall–Kier alpha value is -2.88. The summed E-state index contributed by atoms with van der Waals surface area (Å²) >= 11 is 0. The van der Waals surface area contributed by atoms with E-state index in [1.807, 2.05) is 49.4 Å². The van der Waals surface area contributed by atoms with Gasteiger partial charge in [-0.15, -0.1) is 0 Å². The molecule has 1 saturated carbocycles. The topological polar surface area (TPSA) is 56.5 Å². The van der Waals surface area contributed by atoms with Crippen LogP contribution >= 0.6 is 0 Å². The lowest BCUT2D eigenvalue weighted by Gasteiger charge is -2.23. The maximum Gasteiger partial charge on any atom is 0.336 e. The van der Waals surface area contributed by atoms with Crippen molar-refractivity contribution in [3.05, 3.63) is 64.5 Å². The molecule has 132 valence electrons. The van der Waals surface area contributed by atoms with Crippen LogP contribution in [-0.4, -0.2) is 11.9 Å². The summed E-state index contributed by atoms with van der Waals surface area (Å²) in [6.07, 6.45) is 2.85. The molecule has 3 aromatic rings. The molecule has 2 aromatic carbocycles. The van der Waals surface area contributed by atoms with E-state index in [4.69, 9.17) is 9.15 Å². The number of ketones is 1. The quantitative estimate of drug-likeness (QED) is 0.646. The van der Waals surface area contributed by atoms with Crippen LogP contribution in [0.2, 0.25) is 0 Å². The summed E-state index contributed by atoms with van der Waals surface area (Å²) in [6.45, 7) is 1.86. The van der Waals surface area contributed by atoms with Gasteiger partial charge in [-0.25, -0.2) is 4.79 Å². The summed E-state index contributed by atoms with van der Waals surface area (Å²) in [6, 6.07) is 15.0. The Morgan fingerprint density at radius 3 is 2.62 bits per heavy atom. The number of hydrogen-bond acceptors (Lipinski definition) is 4.